The Balaban J connectivity index is 1.59. The van der Waals surface area contributed by atoms with E-state index in [1.54, 1.807) is 18.2 Å². The number of hydrogen-bond acceptors (Lipinski definition) is 4. The van der Waals surface area contributed by atoms with Gasteiger partial charge in [-0.1, -0.05) is 23.2 Å². The first-order chi connectivity index (χ1) is 13.3. The van der Waals surface area contributed by atoms with Gasteiger partial charge in [0.2, 0.25) is 0 Å². The molecule has 0 aliphatic carbocycles. The second-order valence-electron chi connectivity index (χ2n) is 6.23. The highest BCUT2D eigenvalue weighted by Crippen LogP contribution is 2.26. The molecule has 2 aromatic carbocycles. The average molecular weight is 460 g/mol. The molecule has 0 amide bonds. The Hall–Kier alpha value is -1.58. The summed E-state index contributed by atoms with van der Waals surface area (Å²) >= 11 is 17.0. The summed E-state index contributed by atoms with van der Waals surface area (Å²) in [6, 6.07) is 10.8. The lowest BCUT2D eigenvalue weighted by Gasteiger charge is -2.14. The number of anilines is 2. The minimum absolute atomic E-state index is 0.113. The molecular formula is C18H19Cl2N3O3S2. The molecule has 1 saturated heterocycles. The van der Waals surface area contributed by atoms with Crippen LogP contribution in [-0.4, -0.2) is 32.8 Å². The molecule has 28 heavy (non-hydrogen) atoms. The van der Waals surface area contributed by atoms with Crippen LogP contribution in [0.25, 0.3) is 0 Å². The Bertz CT molecular complexity index is 947. The van der Waals surface area contributed by atoms with E-state index in [0.29, 0.717) is 28.1 Å². The first-order valence-corrected chi connectivity index (χ1v) is 11.2. The zero-order chi connectivity index (χ0) is 20.1. The lowest BCUT2D eigenvalue weighted by molar-refractivity contribution is 0.114. The smallest absolute Gasteiger partial charge is 0.261 e. The largest absolute Gasteiger partial charge is 0.376 e. The van der Waals surface area contributed by atoms with Crippen LogP contribution in [0.2, 0.25) is 10.0 Å². The lowest BCUT2D eigenvalue weighted by Crippen LogP contribution is -2.34. The van der Waals surface area contributed by atoms with Crippen molar-refractivity contribution in [1.82, 2.24) is 5.32 Å². The Morgan fingerprint density at radius 3 is 2.46 bits per heavy atom. The van der Waals surface area contributed by atoms with E-state index in [9.17, 15) is 8.42 Å². The third-order valence-corrected chi connectivity index (χ3v) is 6.49. The van der Waals surface area contributed by atoms with Crippen molar-refractivity contribution in [3.05, 3.63) is 52.5 Å². The van der Waals surface area contributed by atoms with Crippen LogP contribution in [-0.2, 0) is 14.8 Å². The van der Waals surface area contributed by atoms with Gasteiger partial charge in [-0.25, -0.2) is 8.42 Å². The zero-order valence-electron chi connectivity index (χ0n) is 14.7. The molecule has 1 aliphatic rings. The number of hydrogen-bond donors (Lipinski definition) is 3. The number of ether oxygens (including phenoxy) is 1. The maximum absolute atomic E-state index is 12.5. The van der Waals surface area contributed by atoms with Crippen LogP contribution in [0.1, 0.15) is 12.8 Å². The highest BCUT2D eigenvalue weighted by atomic mass is 35.5. The molecule has 10 heteroatoms. The number of benzene rings is 2. The summed E-state index contributed by atoms with van der Waals surface area (Å²) in [4.78, 5) is 0.113. The van der Waals surface area contributed by atoms with Gasteiger partial charge in [-0.3, -0.25) is 4.72 Å². The second kappa shape index (κ2) is 9.28. The molecule has 2 aromatic rings. The van der Waals surface area contributed by atoms with E-state index < -0.39 is 10.0 Å². The molecule has 1 heterocycles. The molecule has 1 atom stereocenters. The van der Waals surface area contributed by atoms with Gasteiger partial charge in [-0.2, -0.15) is 0 Å². The summed E-state index contributed by atoms with van der Waals surface area (Å²) in [7, 11) is -3.75. The first-order valence-electron chi connectivity index (χ1n) is 8.58. The van der Waals surface area contributed by atoms with Crippen molar-refractivity contribution in [2.24, 2.45) is 0 Å². The van der Waals surface area contributed by atoms with Crippen molar-refractivity contribution in [2.45, 2.75) is 23.8 Å². The average Bonchev–Trinajstić information content (AvgIpc) is 3.17. The van der Waals surface area contributed by atoms with Gasteiger partial charge in [0.25, 0.3) is 10.0 Å². The zero-order valence-corrected chi connectivity index (χ0v) is 17.9. The van der Waals surface area contributed by atoms with Gasteiger partial charge in [-0.05, 0) is 67.5 Å². The number of nitrogens with one attached hydrogen (secondary N) is 3. The summed E-state index contributed by atoms with van der Waals surface area (Å²) in [5.41, 5.74) is 1.01. The van der Waals surface area contributed by atoms with E-state index in [0.717, 1.165) is 19.4 Å². The molecule has 0 bridgehead atoms. The fourth-order valence-corrected chi connectivity index (χ4v) is 4.23. The molecule has 6 nitrogen and oxygen atoms in total. The normalized spacial score (nSPS) is 16.6. The molecule has 0 saturated carbocycles. The maximum atomic E-state index is 12.5. The predicted molar refractivity (Wildman–Crippen MR) is 117 cm³/mol. The number of thiocarbonyl (C=S) groups is 1. The van der Waals surface area contributed by atoms with Crippen molar-refractivity contribution < 1.29 is 13.2 Å². The predicted octanol–water partition coefficient (Wildman–Crippen LogP) is 4.26. The molecule has 1 fully saturated rings. The number of sulfonamides is 1. The van der Waals surface area contributed by atoms with E-state index in [-0.39, 0.29) is 16.0 Å². The molecule has 150 valence electrons. The fraction of sp³-hybridized carbons (Fsp3) is 0.278. The van der Waals surface area contributed by atoms with Gasteiger partial charge >= 0.3 is 0 Å². The van der Waals surface area contributed by atoms with Crippen LogP contribution >= 0.6 is 35.4 Å². The Kier molecular flexibility index (Phi) is 7.00. The third kappa shape index (κ3) is 5.71. The lowest BCUT2D eigenvalue weighted by atomic mass is 10.2. The Morgan fingerprint density at radius 1 is 1.11 bits per heavy atom. The van der Waals surface area contributed by atoms with Crippen LogP contribution in [0, 0.1) is 0 Å². The van der Waals surface area contributed by atoms with Crippen molar-refractivity contribution in [3.8, 4) is 0 Å². The first kappa shape index (κ1) is 21.1. The summed E-state index contributed by atoms with van der Waals surface area (Å²) < 4.78 is 33.0. The highest BCUT2D eigenvalue weighted by Gasteiger charge is 2.16. The number of rotatable bonds is 6. The molecule has 3 N–H and O–H groups in total. The van der Waals surface area contributed by atoms with Crippen molar-refractivity contribution in [1.29, 1.82) is 0 Å². The van der Waals surface area contributed by atoms with Gasteiger partial charge in [0, 0.05) is 18.8 Å². The van der Waals surface area contributed by atoms with E-state index >= 15 is 0 Å². The second-order valence-corrected chi connectivity index (χ2v) is 9.13. The standard InChI is InChI=1S/C18H19Cl2N3O3S2/c19-16-8-5-13(10-17(16)20)23-28(24,25)15-6-3-12(4-7-15)22-18(27)21-11-14-2-1-9-26-14/h3-8,10,14,23H,1-2,9,11H2,(H2,21,22,27). The number of halogens is 2. The van der Waals surface area contributed by atoms with Crippen LogP contribution in [0.15, 0.2) is 47.4 Å². The van der Waals surface area contributed by atoms with Crippen LogP contribution in [0.4, 0.5) is 11.4 Å². The van der Waals surface area contributed by atoms with Crippen molar-refractivity contribution in [2.75, 3.05) is 23.2 Å². The van der Waals surface area contributed by atoms with Gasteiger partial charge in [-0.15, -0.1) is 0 Å². The topological polar surface area (TPSA) is 79.5 Å². The van der Waals surface area contributed by atoms with E-state index in [4.69, 9.17) is 40.2 Å². The minimum atomic E-state index is -3.75. The summed E-state index contributed by atoms with van der Waals surface area (Å²) in [6.45, 7) is 1.44. The summed E-state index contributed by atoms with van der Waals surface area (Å²) in [5, 5.41) is 7.21. The maximum Gasteiger partial charge on any atom is 0.261 e. The van der Waals surface area contributed by atoms with Crippen molar-refractivity contribution >= 4 is 61.9 Å². The van der Waals surface area contributed by atoms with Gasteiger partial charge < -0.3 is 15.4 Å². The van der Waals surface area contributed by atoms with Crippen LogP contribution < -0.4 is 15.4 Å². The Labute approximate surface area is 179 Å². The van der Waals surface area contributed by atoms with E-state index in [1.807, 2.05) is 0 Å². The van der Waals surface area contributed by atoms with Gasteiger partial charge in [0.05, 0.1) is 26.7 Å². The monoisotopic (exact) mass is 459 g/mol. The third-order valence-electron chi connectivity index (χ3n) is 4.11. The molecule has 3 rings (SSSR count). The van der Waals surface area contributed by atoms with E-state index in [2.05, 4.69) is 15.4 Å². The minimum Gasteiger partial charge on any atom is -0.376 e. The molecule has 0 spiro atoms. The highest BCUT2D eigenvalue weighted by molar-refractivity contribution is 7.92. The van der Waals surface area contributed by atoms with Crippen LogP contribution in [0.3, 0.4) is 0 Å². The fourth-order valence-electron chi connectivity index (χ4n) is 2.68. The molecule has 0 aromatic heterocycles. The molecule has 0 radical (unpaired) electrons. The quantitative estimate of drug-likeness (QED) is 0.560. The molecule has 1 aliphatic heterocycles. The van der Waals surface area contributed by atoms with Gasteiger partial charge in [0.15, 0.2) is 5.11 Å². The summed E-state index contributed by atoms with van der Waals surface area (Å²) in [5.74, 6) is 0. The Morgan fingerprint density at radius 2 is 1.82 bits per heavy atom. The van der Waals surface area contributed by atoms with Crippen LogP contribution in [0.5, 0.6) is 0 Å². The molecule has 1 unspecified atom stereocenters. The summed E-state index contributed by atoms with van der Waals surface area (Å²) in [6.07, 6.45) is 2.27. The SMILES string of the molecule is O=S(=O)(Nc1ccc(Cl)c(Cl)c1)c1ccc(NC(=S)NCC2CCCO2)cc1. The van der Waals surface area contributed by atoms with Crippen molar-refractivity contribution in [3.63, 3.8) is 0 Å². The molecular weight excluding hydrogens is 441 g/mol. The van der Waals surface area contributed by atoms with E-state index in [1.165, 1.54) is 24.3 Å². The van der Waals surface area contributed by atoms with Gasteiger partial charge in [0.1, 0.15) is 0 Å².